The second-order valence-corrected chi connectivity index (χ2v) is 3.01. The molecule has 4 nitrogen and oxygen atoms in total. The Morgan fingerprint density at radius 1 is 1.46 bits per heavy atom. The average molecular weight is 185 g/mol. The summed E-state index contributed by atoms with van der Waals surface area (Å²) in [5.74, 6) is -0.0899. The monoisotopic (exact) mass is 185 g/mol. The molecule has 75 valence electrons. The normalized spacial score (nSPS) is 12.2. The summed E-state index contributed by atoms with van der Waals surface area (Å²) in [6.45, 7) is 2.27. The number of carbonyl (C=O) groups is 1. The first kappa shape index (κ1) is 12.1. The molecule has 13 heavy (non-hydrogen) atoms. The lowest BCUT2D eigenvalue weighted by atomic mass is 10.2. The highest BCUT2D eigenvalue weighted by molar-refractivity contribution is 5.79. The van der Waals surface area contributed by atoms with Crippen LogP contribution in [0.5, 0.6) is 0 Å². The van der Waals surface area contributed by atoms with Gasteiger partial charge in [0.2, 0.25) is 12.2 Å². The first-order chi connectivity index (χ1) is 6.20. The number of hydrogen-bond acceptors (Lipinski definition) is 3. The minimum atomic E-state index is -0.498. The predicted molar refractivity (Wildman–Crippen MR) is 50.8 cm³/mol. The van der Waals surface area contributed by atoms with Gasteiger partial charge in [0.15, 0.2) is 0 Å². The highest BCUT2D eigenvalue weighted by Gasteiger charge is 2.05. The maximum Gasteiger partial charge on any atom is 0.222 e. The molecular formula is C9H17N2O2. The molecule has 0 aromatic carbocycles. The molecule has 0 aliphatic rings. The molecule has 0 saturated heterocycles. The molecule has 0 unspecified atom stereocenters. The van der Waals surface area contributed by atoms with E-state index in [1.165, 1.54) is 0 Å². The predicted octanol–water partition coefficient (Wildman–Crippen LogP) is 0.120. The van der Waals surface area contributed by atoms with E-state index in [1.54, 1.807) is 13.2 Å². The van der Waals surface area contributed by atoms with E-state index in [4.69, 9.17) is 5.73 Å². The molecule has 3 N–H and O–H groups in total. The summed E-state index contributed by atoms with van der Waals surface area (Å²) >= 11 is 0. The summed E-state index contributed by atoms with van der Waals surface area (Å²) < 4.78 is 0. The lowest BCUT2D eigenvalue weighted by Gasteiger charge is -2.05. The highest BCUT2D eigenvalue weighted by atomic mass is 16.2. The van der Waals surface area contributed by atoms with Gasteiger partial charge in [-0.15, -0.1) is 0 Å². The number of carbonyl (C=O) groups excluding carboxylic acids is 2. The summed E-state index contributed by atoms with van der Waals surface area (Å²) in [5, 5.41) is 2.51. The third-order valence-corrected chi connectivity index (χ3v) is 1.66. The quantitative estimate of drug-likeness (QED) is 0.553. The fourth-order valence-corrected chi connectivity index (χ4v) is 0.950. The van der Waals surface area contributed by atoms with Crippen molar-refractivity contribution in [2.45, 2.75) is 38.6 Å². The van der Waals surface area contributed by atoms with Gasteiger partial charge in [0, 0.05) is 6.42 Å². The van der Waals surface area contributed by atoms with Crippen LogP contribution in [0.3, 0.4) is 0 Å². The number of rotatable bonds is 7. The first-order valence-corrected chi connectivity index (χ1v) is 4.57. The Morgan fingerprint density at radius 2 is 2.15 bits per heavy atom. The summed E-state index contributed by atoms with van der Waals surface area (Å²) in [5.41, 5.74) is 5.30. The Hall–Kier alpha value is -0.900. The average Bonchev–Trinajstić information content (AvgIpc) is 2.12. The van der Waals surface area contributed by atoms with Gasteiger partial charge in [0.05, 0.1) is 6.04 Å². The molecule has 0 rings (SSSR count). The zero-order chi connectivity index (χ0) is 10.1. The van der Waals surface area contributed by atoms with Gasteiger partial charge < -0.3 is 11.1 Å². The van der Waals surface area contributed by atoms with Crippen molar-refractivity contribution in [1.29, 1.82) is 0 Å². The highest BCUT2D eigenvalue weighted by Crippen LogP contribution is 1.98. The second-order valence-electron chi connectivity index (χ2n) is 3.01. The first-order valence-electron chi connectivity index (χ1n) is 4.57. The van der Waals surface area contributed by atoms with Crippen LogP contribution in [0.2, 0.25) is 0 Å². The Kier molecular flexibility index (Phi) is 7.20. The molecule has 0 spiro atoms. The molecule has 1 atom stereocenters. The number of hydrogen-bond donors (Lipinski definition) is 2. The Balaban J connectivity index is 3.35. The van der Waals surface area contributed by atoms with Gasteiger partial charge in [-0.2, -0.15) is 0 Å². The SMILES string of the molecule is C[C@@H]([C]=O)NC(=O)CCCCCN. The summed E-state index contributed by atoms with van der Waals surface area (Å²) in [6, 6.07) is -0.498. The van der Waals surface area contributed by atoms with E-state index in [9.17, 15) is 9.59 Å². The van der Waals surface area contributed by atoms with Crippen LogP contribution < -0.4 is 11.1 Å². The van der Waals surface area contributed by atoms with E-state index in [0.29, 0.717) is 13.0 Å². The van der Waals surface area contributed by atoms with E-state index in [1.807, 2.05) is 0 Å². The zero-order valence-corrected chi connectivity index (χ0v) is 8.01. The molecule has 0 aliphatic carbocycles. The van der Waals surface area contributed by atoms with Gasteiger partial charge in [-0.1, -0.05) is 6.42 Å². The van der Waals surface area contributed by atoms with Gasteiger partial charge in [-0.3, -0.25) is 9.59 Å². The maximum absolute atomic E-state index is 11.1. The molecule has 4 heteroatoms. The van der Waals surface area contributed by atoms with Gasteiger partial charge in [-0.25, -0.2) is 0 Å². The van der Waals surface area contributed by atoms with Crippen molar-refractivity contribution in [2.75, 3.05) is 6.54 Å². The van der Waals surface area contributed by atoms with Crippen LogP contribution in [-0.2, 0) is 9.59 Å². The van der Waals surface area contributed by atoms with Gasteiger partial charge in [-0.05, 0) is 26.3 Å². The van der Waals surface area contributed by atoms with Crippen molar-refractivity contribution in [2.24, 2.45) is 5.73 Å². The van der Waals surface area contributed by atoms with Crippen LogP contribution >= 0.6 is 0 Å². The summed E-state index contributed by atoms with van der Waals surface area (Å²) in [4.78, 5) is 21.1. The molecular weight excluding hydrogens is 168 g/mol. The van der Waals surface area contributed by atoms with Crippen molar-refractivity contribution in [3.63, 3.8) is 0 Å². The van der Waals surface area contributed by atoms with Crippen LogP contribution in [0.1, 0.15) is 32.6 Å². The number of nitrogens with one attached hydrogen (secondary N) is 1. The van der Waals surface area contributed by atoms with Gasteiger partial charge in [0.25, 0.3) is 0 Å². The molecule has 0 aromatic heterocycles. The standard InChI is InChI=1S/C9H17N2O2/c1-8(7-12)11-9(13)5-3-2-4-6-10/h8H,2-6,10H2,1H3,(H,11,13)/t8-/m0/s1. The van der Waals surface area contributed by atoms with E-state index in [0.717, 1.165) is 19.3 Å². The smallest absolute Gasteiger partial charge is 0.222 e. The summed E-state index contributed by atoms with van der Waals surface area (Å²) in [6.07, 6.45) is 4.90. The van der Waals surface area contributed by atoms with Crippen LogP contribution in [0.25, 0.3) is 0 Å². The minimum absolute atomic E-state index is 0.0899. The lowest BCUT2D eigenvalue weighted by Crippen LogP contribution is -2.33. The largest absolute Gasteiger partial charge is 0.346 e. The molecule has 1 radical (unpaired) electrons. The molecule has 0 aliphatic heterocycles. The van der Waals surface area contributed by atoms with Crippen molar-refractivity contribution in [1.82, 2.24) is 5.32 Å². The second kappa shape index (κ2) is 7.73. The number of amides is 1. The Labute approximate surface area is 78.9 Å². The van der Waals surface area contributed by atoms with E-state index < -0.39 is 6.04 Å². The van der Waals surface area contributed by atoms with Crippen LogP contribution in [0.15, 0.2) is 0 Å². The van der Waals surface area contributed by atoms with Gasteiger partial charge >= 0.3 is 0 Å². The van der Waals surface area contributed by atoms with Gasteiger partial charge in [0.1, 0.15) is 0 Å². The van der Waals surface area contributed by atoms with Crippen molar-refractivity contribution in [3.8, 4) is 0 Å². The van der Waals surface area contributed by atoms with Crippen LogP contribution in [0, 0.1) is 0 Å². The Morgan fingerprint density at radius 3 is 2.69 bits per heavy atom. The number of unbranched alkanes of at least 4 members (excludes halogenated alkanes) is 2. The maximum atomic E-state index is 11.1. The topological polar surface area (TPSA) is 72.2 Å². The third kappa shape index (κ3) is 7.46. The Bertz CT molecular complexity index is 160. The molecule has 0 aromatic rings. The molecule has 1 amide bonds. The van der Waals surface area contributed by atoms with Crippen molar-refractivity contribution in [3.05, 3.63) is 0 Å². The summed E-state index contributed by atoms with van der Waals surface area (Å²) in [7, 11) is 0. The van der Waals surface area contributed by atoms with Crippen molar-refractivity contribution < 1.29 is 9.59 Å². The van der Waals surface area contributed by atoms with Crippen molar-refractivity contribution >= 4 is 12.2 Å². The number of nitrogens with two attached hydrogens (primary N) is 1. The van der Waals surface area contributed by atoms with E-state index >= 15 is 0 Å². The van der Waals surface area contributed by atoms with Crippen LogP contribution in [0.4, 0.5) is 0 Å². The van der Waals surface area contributed by atoms with Crippen LogP contribution in [-0.4, -0.2) is 24.8 Å². The fourth-order valence-electron chi connectivity index (χ4n) is 0.950. The molecule has 0 fully saturated rings. The molecule has 0 heterocycles. The molecule has 0 bridgehead atoms. The lowest BCUT2D eigenvalue weighted by molar-refractivity contribution is -0.121. The van der Waals surface area contributed by atoms with E-state index in [-0.39, 0.29) is 5.91 Å². The minimum Gasteiger partial charge on any atom is -0.346 e. The third-order valence-electron chi connectivity index (χ3n) is 1.66. The van der Waals surface area contributed by atoms with E-state index in [2.05, 4.69) is 5.32 Å². The fraction of sp³-hybridized carbons (Fsp3) is 0.778. The zero-order valence-electron chi connectivity index (χ0n) is 8.01. The molecule has 0 saturated carbocycles.